The Hall–Kier alpha value is -1.53. The van der Waals surface area contributed by atoms with E-state index in [9.17, 15) is 9.59 Å². The molecule has 0 saturated heterocycles. The van der Waals surface area contributed by atoms with E-state index in [1.165, 1.54) is 12.5 Å². The highest BCUT2D eigenvalue weighted by atomic mass is 35.5. The van der Waals surface area contributed by atoms with Crippen LogP contribution in [0.1, 0.15) is 44.0 Å². The van der Waals surface area contributed by atoms with Crippen molar-refractivity contribution in [3.8, 4) is 0 Å². The third kappa shape index (κ3) is 5.06. The van der Waals surface area contributed by atoms with E-state index in [0.717, 1.165) is 12.8 Å². The van der Waals surface area contributed by atoms with E-state index in [-0.39, 0.29) is 24.2 Å². The number of rotatable bonds is 7. The average Bonchev–Trinajstić information content (AvgIpc) is 2.99. The highest BCUT2D eigenvalue weighted by Gasteiger charge is 2.28. The minimum atomic E-state index is -0.638. The molecule has 1 heterocycles. The SMILES string of the molecule is CCC(CC)(CN)NC(=O)C(C)NC(=O)c1ccoc1.Cl. The van der Waals surface area contributed by atoms with Gasteiger partial charge in [0.25, 0.3) is 5.91 Å². The third-order valence-corrected chi connectivity index (χ3v) is 3.66. The van der Waals surface area contributed by atoms with Gasteiger partial charge in [-0.1, -0.05) is 13.8 Å². The molecule has 0 aliphatic rings. The fourth-order valence-electron chi connectivity index (χ4n) is 1.88. The first-order valence-electron chi connectivity index (χ1n) is 6.83. The lowest BCUT2D eigenvalue weighted by Gasteiger charge is -2.32. The zero-order valence-electron chi connectivity index (χ0n) is 12.6. The minimum Gasteiger partial charge on any atom is -0.472 e. The molecule has 0 aliphatic carbocycles. The highest BCUT2D eigenvalue weighted by Crippen LogP contribution is 2.13. The van der Waals surface area contributed by atoms with Crippen molar-refractivity contribution in [1.82, 2.24) is 10.6 Å². The first-order chi connectivity index (χ1) is 9.48. The summed E-state index contributed by atoms with van der Waals surface area (Å²) in [5.74, 6) is -0.580. The Kier molecular flexibility index (Phi) is 8.06. The number of carbonyl (C=O) groups is 2. The zero-order chi connectivity index (χ0) is 15.2. The van der Waals surface area contributed by atoms with Gasteiger partial charge in [0, 0.05) is 6.54 Å². The second kappa shape index (κ2) is 8.69. The molecule has 0 aliphatic heterocycles. The first kappa shape index (κ1) is 19.5. The summed E-state index contributed by atoms with van der Waals surface area (Å²) in [6.07, 6.45) is 4.23. The largest absolute Gasteiger partial charge is 0.472 e. The summed E-state index contributed by atoms with van der Waals surface area (Å²) in [5, 5.41) is 5.55. The van der Waals surface area contributed by atoms with Gasteiger partial charge in [-0.15, -0.1) is 12.4 Å². The van der Waals surface area contributed by atoms with E-state index in [4.69, 9.17) is 10.2 Å². The smallest absolute Gasteiger partial charge is 0.255 e. The van der Waals surface area contributed by atoms with Gasteiger partial charge >= 0.3 is 0 Å². The minimum absolute atomic E-state index is 0. The van der Waals surface area contributed by atoms with Crippen LogP contribution in [0.3, 0.4) is 0 Å². The number of hydrogen-bond donors (Lipinski definition) is 3. The second-order valence-corrected chi connectivity index (χ2v) is 4.89. The lowest BCUT2D eigenvalue weighted by Crippen LogP contribution is -2.57. The van der Waals surface area contributed by atoms with E-state index in [1.54, 1.807) is 13.0 Å². The van der Waals surface area contributed by atoms with Crippen LogP contribution >= 0.6 is 12.4 Å². The molecule has 1 atom stereocenters. The van der Waals surface area contributed by atoms with Crippen LogP contribution in [-0.2, 0) is 4.79 Å². The molecule has 0 bridgehead atoms. The molecular weight excluding hydrogens is 294 g/mol. The molecule has 2 amide bonds. The molecule has 1 aromatic heterocycles. The molecule has 4 N–H and O–H groups in total. The summed E-state index contributed by atoms with van der Waals surface area (Å²) in [5.41, 5.74) is 5.72. The normalized spacial score (nSPS) is 12.2. The van der Waals surface area contributed by atoms with Crippen LogP contribution < -0.4 is 16.4 Å². The number of nitrogens with one attached hydrogen (secondary N) is 2. The molecule has 1 aromatic rings. The maximum atomic E-state index is 12.1. The Morgan fingerprint density at radius 3 is 2.43 bits per heavy atom. The van der Waals surface area contributed by atoms with Crippen LogP contribution in [0.2, 0.25) is 0 Å². The summed E-state index contributed by atoms with van der Waals surface area (Å²) in [7, 11) is 0. The molecule has 7 heteroatoms. The van der Waals surface area contributed by atoms with E-state index in [0.29, 0.717) is 12.1 Å². The first-order valence-corrected chi connectivity index (χ1v) is 6.83. The fraction of sp³-hybridized carbons (Fsp3) is 0.571. The third-order valence-electron chi connectivity index (χ3n) is 3.66. The van der Waals surface area contributed by atoms with Crippen molar-refractivity contribution >= 4 is 24.2 Å². The van der Waals surface area contributed by atoms with Crippen LogP contribution in [0.5, 0.6) is 0 Å². The predicted molar refractivity (Wildman–Crippen MR) is 83.4 cm³/mol. The van der Waals surface area contributed by atoms with Gasteiger partial charge < -0.3 is 20.8 Å². The summed E-state index contributed by atoms with van der Waals surface area (Å²) in [6, 6.07) is 0.906. The van der Waals surface area contributed by atoms with Crippen LogP contribution in [-0.4, -0.2) is 29.9 Å². The van der Waals surface area contributed by atoms with Crippen LogP contribution in [0.15, 0.2) is 23.0 Å². The molecule has 1 unspecified atom stereocenters. The maximum absolute atomic E-state index is 12.1. The molecule has 0 fully saturated rings. The van der Waals surface area contributed by atoms with E-state index in [1.807, 2.05) is 13.8 Å². The standard InChI is InChI=1S/C14H23N3O3.ClH/c1-4-14(5-2,9-15)17-12(18)10(3)16-13(19)11-6-7-20-8-11;/h6-8,10H,4-5,9,15H2,1-3H3,(H,16,19)(H,17,18);1H. The van der Waals surface area contributed by atoms with Crippen molar-refractivity contribution < 1.29 is 14.0 Å². The summed E-state index contributed by atoms with van der Waals surface area (Å²) in [4.78, 5) is 24.0. The van der Waals surface area contributed by atoms with Crippen molar-refractivity contribution in [2.45, 2.75) is 45.2 Å². The summed E-state index contributed by atoms with van der Waals surface area (Å²) >= 11 is 0. The van der Waals surface area contributed by atoms with E-state index < -0.39 is 11.6 Å². The fourth-order valence-corrected chi connectivity index (χ4v) is 1.88. The van der Waals surface area contributed by atoms with Crippen molar-refractivity contribution in [2.24, 2.45) is 5.73 Å². The molecule has 0 saturated carbocycles. The van der Waals surface area contributed by atoms with Crippen molar-refractivity contribution in [3.05, 3.63) is 24.2 Å². The Morgan fingerprint density at radius 1 is 1.38 bits per heavy atom. The van der Waals surface area contributed by atoms with Crippen LogP contribution in [0.4, 0.5) is 0 Å². The van der Waals surface area contributed by atoms with Gasteiger partial charge in [-0.3, -0.25) is 9.59 Å². The average molecular weight is 318 g/mol. The molecular formula is C14H24ClN3O3. The van der Waals surface area contributed by atoms with Crippen LogP contribution in [0, 0.1) is 0 Å². The lowest BCUT2D eigenvalue weighted by atomic mass is 9.92. The monoisotopic (exact) mass is 317 g/mol. The lowest BCUT2D eigenvalue weighted by molar-refractivity contribution is -0.124. The van der Waals surface area contributed by atoms with Gasteiger partial charge in [0.15, 0.2) is 0 Å². The van der Waals surface area contributed by atoms with E-state index >= 15 is 0 Å². The van der Waals surface area contributed by atoms with E-state index in [2.05, 4.69) is 10.6 Å². The number of furan rings is 1. The summed E-state index contributed by atoms with van der Waals surface area (Å²) < 4.78 is 4.83. The molecule has 0 spiro atoms. The van der Waals surface area contributed by atoms with Crippen molar-refractivity contribution in [3.63, 3.8) is 0 Å². The molecule has 1 rings (SSSR count). The van der Waals surface area contributed by atoms with Gasteiger partial charge in [-0.2, -0.15) is 0 Å². The Labute approximate surface area is 131 Å². The zero-order valence-corrected chi connectivity index (χ0v) is 13.5. The van der Waals surface area contributed by atoms with Crippen molar-refractivity contribution in [1.29, 1.82) is 0 Å². The highest BCUT2D eigenvalue weighted by molar-refractivity contribution is 5.97. The number of halogens is 1. The summed E-state index contributed by atoms with van der Waals surface area (Å²) in [6.45, 7) is 5.96. The maximum Gasteiger partial charge on any atom is 0.255 e. The second-order valence-electron chi connectivity index (χ2n) is 4.89. The van der Waals surface area contributed by atoms with Gasteiger partial charge in [0.05, 0.1) is 17.4 Å². The predicted octanol–water partition coefficient (Wildman–Crippen LogP) is 1.45. The van der Waals surface area contributed by atoms with Gasteiger partial charge in [-0.25, -0.2) is 0 Å². The quantitative estimate of drug-likeness (QED) is 0.709. The molecule has 0 radical (unpaired) electrons. The molecule has 21 heavy (non-hydrogen) atoms. The number of hydrogen-bond acceptors (Lipinski definition) is 4. The topological polar surface area (TPSA) is 97.4 Å². The Morgan fingerprint density at radius 2 is 2.00 bits per heavy atom. The Bertz CT molecular complexity index is 436. The number of carbonyl (C=O) groups excluding carboxylic acids is 2. The van der Waals surface area contributed by atoms with Gasteiger partial charge in [-0.05, 0) is 25.8 Å². The van der Waals surface area contributed by atoms with Crippen molar-refractivity contribution in [2.75, 3.05) is 6.54 Å². The van der Waals surface area contributed by atoms with Crippen LogP contribution in [0.25, 0.3) is 0 Å². The molecule has 0 aromatic carbocycles. The van der Waals surface area contributed by atoms with Gasteiger partial charge in [0.1, 0.15) is 12.3 Å². The molecule has 6 nitrogen and oxygen atoms in total. The molecule has 120 valence electrons. The number of nitrogens with two attached hydrogens (primary N) is 1. The van der Waals surface area contributed by atoms with Gasteiger partial charge in [0.2, 0.25) is 5.91 Å². The Balaban J connectivity index is 0.00000400. The number of amides is 2.